The molecule has 0 saturated carbocycles. The van der Waals surface area contributed by atoms with Crippen LogP contribution in [0, 0.1) is 5.82 Å². The zero-order valence-electron chi connectivity index (χ0n) is 6.67. The number of benzene rings is 1. The van der Waals surface area contributed by atoms with Crippen molar-refractivity contribution < 1.29 is 4.39 Å². The molecular weight excluding hydrogens is 246 g/mol. The van der Waals surface area contributed by atoms with Crippen LogP contribution in [0.25, 0.3) is 10.6 Å². The summed E-state index contributed by atoms with van der Waals surface area (Å²) in [5.41, 5.74) is 0.249. The predicted octanol–water partition coefficient (Wildman–Crippen LogP) is 3.65. The highest BCUT2D eigenvalue weighted by Gasteiger charge is 2.13. The first-order valence-corrected chi connectivity index (χ1v) is 5.19. The summed E-state index contributed by atoms with van der Waals surface area (Å²) in [7, 11) is 0. The van der Waals surface area contributed by atoms with Crippen LogP contribution in [-0.4, -0.2) is 10.2 Å². The molecule has 2 nitrogen and oxygen atoms in total. The molecule has 0 aliphatic heterocycles. The molecular formula is C8H3Cl2FN2S. The van der Waals surface area contributed by atoms with Gasteiger partial charge in [-0.1, -0.05) is 29.0 Å². The fourth-order valence-corrected chi connectivity index (χ4v) is 2.21. The SMILES string of the molecule is Fc1cccc(Cl)c1-c1nnc(Cl)s1. The van der Waals surface area contributed by atoms with Gasteiger partial charge in [-0.05, 0) is 23.7 Å². The normalized spacial score (nSPS) is 10.5. The van der Waals surface area contributed by atoms with E-state index in [1.165, 1.54) is 12.1 Å². The standard InChI is InChI=1S/C8H3Cl2FN2S/c9-4-2-1-3-5(11)6(4)7-12-13-8(10)14-7/h1-3H. The van der Waals surface area contributed by atoms with Crippen molar-refractivity contribution in [2.24, 2.45) is 0 Å². The summed E-state index contributed by atoms with van der Waals surface area (Å²) in [6, 6.07) is 4.44. The van der Waals surface area contributed by atoms with Crippen LogP contribution < -0.4 is 0 Å². The summed E-state index contributed by atoms with van der Waals surface area (Å²) in [6.07, 6.45) is 0. The van der Waals surface area contributed by atoms with Crippen LogP contribution in [0.15, 0.2) is 18.2 Å². The summed E-state index contributed by atoms with van der Waals surface area (Å²) in [5.74, 6) is -0.426. The van der Waals surface area contributed by atoms with Gasteiger partial charge in [0.1, 0.15) is 5.82 Å². The van der Waals surface area contributed by atoms with E-state index < -0.39 is 5.82 Å². The topological polar surface area (TPSA) is 25.8 Å². The first-order valence-electron chi connectivity index (χ1n) is 3.62. The molecule has 0 unspecified atom stereocenters. The lowest BCUT2D eigenvalue weighted by molar-refractivity contribution is 0.631. The molecule has 0 aliphatic carbocycles. The maximum absolute atomic E-state index is 13.4. The van der Waals surface area contributed by atoms with Crippen molar-refractivity contribution in [3.63, 3.8) is 0 Å². The quantitative estimate of drug-likeness (QED) is 0.770. The maximum Gasteiger partial charge on any atom is 0.207 e. The van der Waals surface area contributed by atoms with Gasteiger partial charge in [0.05, 0.1) is 10.6 Å². The van der Waals surface area contributed by atoms with Crippen LogP contribution in [-0.2, 0) is 0 Å². The second-order valence-corrected chi connectivity index (χ2v) is 4.42. The zero-order valence-corrected chi connectivity index (χ0v) is 9.00. The summed E-state index contributed by atoms with van der Waals surface area (Å²) in [6.45, 7) is 0. The van der Waals surface area contributed by atoms with Crippen molar-refractivity contribution in [3.05, 3.63) is 33.5 Å². The molecule has 1 aromatic carbocycles. The Balaban J connectivity index is 2.61. The zero-order chi connectivity index (χ0) is 10.1. The number of aromatic nitrogens is 2. The summed E-state index contributed by atoms with van der Waals surface area (Å²) >= 11 is 12.5. The molecule has 0 spiro atoms. The van der Waals surface area contributed by atoms with E-state index in [4.69, 9.17) is 23.2 Å². The molecule has 0 amide bonds. The van der Waals surface area contributed by atoms with Crippen LogP contribution in [0.4, 0.5) is 4.39 Å². The smallest absolute Gasteiger partial charge is 0.206 e. The molecule has 6 heteroatoms. The maximum atomic E-state index is 13.4. The van der Waals surface area contributed by atoms with E-state index in [1.54, 1.807) is 6.07 Å². The third-order valence-electron chi connectivity index (χ3n) is 1.58. The lowest BCUT2D eigenvalue weighted by atomic mass is 10.2. The van der Waals surface area contributed by atoms with Gasteiger partial charge < -0.3 is 0 Å². The minimum absolute atomic E-state index is 0.249. The van der Waals surface area contributed by atoms with E-state index in [-0.39, 0.29) is 10.0 Å². The van der Waals surface area contributed by atoms with Gasteiger partial charge in [-0.3, -0.25) is 0 Å². The highest BCUT2D eigenvalue weighted by molar-refractivity contribution is 7.18. The number of hydrogen-bond acceptors (Lipinski definition) is 3. The Morgan fingerprint density at radius 1 is 1.21 bits per heavy atom. The first-order chi connectivity index (χ1) is 6.68. The van der Waals surface area contributed by atoms with Crippen LogP contribution in [0.5, 0.6) is 0 Å². The largest absolute Gasteiger partial charge is 0.207 e. The minimum atomic E-state index is -0.426. The molecule has 0 fully saturated rings. The molecule has 14 heavy (non-hydrogen) atoms. The summed E-state index contributed by atoms with van der Waals surface area (Å²) in [4.78, 5) is 0. The Kier molecular flexibility index (Phi) is 2.67. The summed E-state index contributed by atoms with van der Waals surface area (Å²) < 4.78 is 13.6. The van der Waals surface area contributed by atoms with Crippen molar-refractivity contribution in [1.29, 1.82) is 0 Å². The Morgan fingerprint density at radius 3 is 2.57 bits per heavy atom. The molecule has 2 rings (SSSR count). The van der Waals surface area contributed by atoms with Gasteiger partial charge in [0.15, 0.2) is 5.01 Å². The average Bonchev–Trinajstić information content (AvgIpc) is 2.51. The highest BCUT2D eigenvalue weighted by Crippen LogP contribution is 2.33. The van der Waals surface area contributed by atoms with E-state index in [2.05, 4.69) is 10.2 Å². The Bertz CT molecular complexity index is 452. The van der Waals surface area contributed by atoms with Crippen LogP contribution in [0.3, 0.4) is 0 Å². The molecule has 0 saturated heterocycles. The molecule has 2 aromatic rings. The Hall–Kier alpha value is -0.710. The van der Waals surface area contributed by atoms with Gasteiger partial charge in [0.2, 0.25) is 4.47 Å². The van der Waals surface area contributed by atoms with Gasteiger partial charge in [-0.2, -0.15) is 0 Å². The van der Waals surface area contributed by atoms with E-state index in [9.17, 15) is 4.39 Å². The van der Waals surface area contributed by atoms with Crippen molar-refractivity contribution in [1.82, 2.24) is 10.2 Å². The van der Waals surface area contributed by atoms with E-state index in [1.807, 2.05) is 0 Å². The van der Waals surface area contributed by atoms with E-state index in [0.29, 0.717) is 10.0 Å². The number of nitrogens with zero attached hydrogens (tertiary/aromatic N) is 2. The fourth-order valence-electron chi connectivity index (χ4n) is 1.01. The molecule has 0 bridgehead atoms. The molecule has 0 N–H and O–H groups in total. The molecule has 0 atom stereocenters. The third-order valence-corrected chi connectivity index (χ3v) is 2.93. The predicted molar refractivity (Wildman–Crippen MR) is 55.3 cm³/mol. The molecule has 72 valence electrons. The van der Waals surface area contributed by atoms with Crippen LogP contribution in [0.1, 0.15) is 0 Å². The first kappa shape index (κ1) is 9.83. The van der Waals surface area contributed by atoms with Gasteiger partial charge in [0.25, 0.3) is 0 Å². The van der Waals surface area contributed by atoms with Gasteiger partial charge >= 0.3 is 0 Å². The van der Waals surface area contributed by atoms with Crippen LogP contribution in [0.2, 0.25) is 9.49 Å². The Morgan fingerprint density at radius 2 is 2.00 bits per heavy atom. The highest BCUT2D eigenvalue weighted by atomic mass is 35.5. The van der Waals surface area contributed by atoms with Gasteiger partial charge in [0, 0.05) is 0 Å². The molecule has 1 aromatic heterocycles. The van der Waals surface area contributed by atoms with Gasteiger partial charge in [-0.15, -0.1) is 10.2 Å². The summed E-state index contributed by atoms with van der Waals surface area (Å²) in [5, 5.41) is 7.99. The minimum Gasteiger partial charge on any atom is -0.206 e. The number of halogens is 3. The van der Waals surface area contributed by atoms with Crippen molar-refractivity contribution in [2.45, 2.75) is 0 Å². The van der Waals surface area contributed by atoms with Crippen molar-refractivity contribution in [2.75, 3.05) is 0 Å². The number of rotatable bonds is 1. The lowest BCUT2D eigenvalue weighted by Gasteiger charge is -1.99. The number of hydrogen-bond donors (Lipinski definition) is 0. The second kappa shape index (κ2) is 3.81. The average molecular weight is 249 g/mol. The second-order valence-electron chi connectivity index (χ2n) is 2.46. The Labute approximate surface area is 93.3 Å². The third kappa shape index (κ3) is 1.73. The monoisotopic (exact) mass is 248 g/mol. The molecule has 0 aliphatic rings. The van der Waals surface area contributed by atoms with Crippen LogP contribution >= 0.6 is 34.5 Å². The fraction of sp³-hybridized carbons (Fsp3) is 0. The van der Waals surface area contributed by atoms with Crippen molar-refractivity contribution >= 4 is 34.5 Å². The van der Waals surface area contributed by atoms with E-state index >= 15 is 0 Å². The molecule has 1 heterocycles. The molecule has 0 radical (unpaired) electrons. The van der Waals surface area contributed by atoms with Crippen molar-refractivity contribution in [3.8, 4) is 10.6 Å². The van der Waals surface area contributed by atoms with Gasteiger partial charge in [-0.25, -0.2) is 4.39 Å². The lowest BCUT2D eigenvalue weighted by Crippen LogP contribution is -1.84. The van der Waals surface area contributed by atoms with E-state index in [0.717, 1.165) is 11.3 Å².